The van der Waals surface area contributed by atoms with Crippen molar-refractivity contribution < 1.29 is 24.6 Å². The molecular formula is C11H18N2O5. The fourth-order valence-electron chi connectivity index (χ4n) is 1.48. The first-order chi connectivity index (χ1) is 8.49. The number of carbonyl (C=O) groups is 3. The standard InChI is InChI=1S/C11H18N2O5/c14-9(6-12-7-4-5-7)13-8(11(17)18)2-1-3-10(15)16/h7-8,12H,1-6H2,(H,13,14)(H,15,16)(H,17,18)/t8-/m1/s1. The summed E-state index contributed by atoms with van der Waals surface area (Å²) in [7, 11) is 0. The monoisotopic (exact) mass is 258 g/mol. The SMILES string of the molecule is O=C(O)CCC[C@@H](NC(=O)CNC1CC1)C(=O)O. The predicted molar refractivity (Wildman–Crippen MR) is 62.1 cm³/mol. The summed E-state index contributed by atoms with van der Waals surface area (Å²) in [5.41, 5.74) is 0. The van der Waals surface area contributed by atoms with E-state index in [1.807, 2.05) is 0 Å². The molecule has 102 valence electrons. The first-order valence-corrected chi connectivity index (χ1v) is 5.96. The summed E-state index contributed by atoms with van der Waals surface area (Å²) in [6.07, 6.45) is 2.35. The van der Waals surface area contributed by atoms with Crippen molar-refractivity contribution in [2.75, 3.05) is 6.54 Å². The van der Waals surface area contributed by atoms with Gasteiger partial charge in [0.2, 0.25) is 5.91 Å². The Morgan fingerprint density at radius 3 is 2.39 bits per heavy atom. The molecular weight excluding hydrogens is 240 g/mol. The fraction of sp³-hybridized carbons (Fsp3) is 0.727. The zero-order valence-electron chi connectivity index (χ0n) is 10.0. The van der Waals surface area contributed by atoms with E-state index in [9.17, 15) is 14.4 Å². The highest BCUT2D eigenvalue weighted by atomic mass is 16.4. The maximum Gasteiger partial charge on any atom is 0.326 e. The molecule has 1 rings (SSSR count). The van der Waals surface area contributed by atoms with E-state index in [1.54, 1.807) is 0 Å². The largest absolute Gasteiger partial charge is 0.481 e. The Kier molecular flexibility index (Phi) is 5.57. The first-order valence-electron chi connectivity index (χ1n) is 5.96. The molecule has 0 spiro atoms. The van der Waals surface area contributed by atoms with E-state index in [0.717, 1.165) is 12.8 Å². The lowest BCUT2D eigenvalue weighted by Crippen LogP contribution is -2.44. The number of hydrogen-bond acceptors (Lipinski definition) is 4. The van der Waals surface area contributed by atoms with Crippen LogP contribution in [-0.2, 0) is 14.4 Å². The number of hydrogen-bond donors (Lipinski definition) is 4. The van der Waals surface area contributed by atoms with Crippen LogP contribution in [0.2, 0.25) is 0 Å². The summed E-state index contributed by atoms with van der Waals surface area (Å²) < 4.78 is 0. The first kappa shape index (κ1) is 14.4. The van der Waals surface area contributed by atoms with E-state index in [-0.39, 0.29) is 31.7 Å². The van der Waals surface area contributed by atoms with Crippen molar-refractivity contribution >= 4 is 17.8 Å². The lowest BCUT2D eigenvalue weighted by Gasteiger charge is -2.14. The van der Waals surface area contributed by atoms with Gasteiger partial charge in [-0.05, 0) is 25.7 Å². The fourth-order valence-corrected chi connectivity index (χ4v) is 1.48. The third-order valence-corrected chi connectivity index (χ3v) is 2.65. The Hall–Kier alpha value is -1.63. The molecule has 0 aromatic carbocycles. The van der Waals surface area contributed by atoms with Crippen LogP contribution in [0.5, 0.6) is 0 Å². The van der Waals surface area contributed by atoms with Crippen molar-refractivity contribution in [3.8, 4) is 0 Å². The second-order valence-electron chi connectivity index (χ2n) is 4.40. The molecule has 0 heterocycles. The molecule has 0 aromatic rings. The molecule has 4 N–H and O–H groups in total. The summed E-state index contributed by atoms with van der Waals surface area (Å²) in [6.45, 7) is 0.105. The Morgan fingerprint density at radius 1 is 1.22 bits per heavy atom. The van der Waals surface area contributed by atoms with Gasteiger partial charge in [-0.1, -0.05) is 0 Å². The Morgan fingerprint density at radius 2 is 1.89 bits per heavy atom. The number of aliphatic carboxylic acids is 2. The third kappa shape index (κ3) is 6.19. The molecule has 1 aliphatic carbocycles. The van der Waals surface area contributed by atoms with Crippen LogP contribution in [0.25, 0.3) is 0 Å². The van der Waals surface area contributed by atoms with E-state index < -0.39 is 18.0 Å². The van der Waals surface area contributed by atoms with Gasteiger partial charge in [0.25, 0.3) is 0 Å². The number of carboxylic acid groups (broad SMARTS) is 2. The summed E-state index contributed by atoms with van der Waals surface area (Å²) >= 11 is 0. The van der Waals surface area contributed by atoms with E-state index in [0.29, 0.717) is 6.04 Å². The zero-order valence-corrected chi connectivity index (χ0v) is 10.0. The van der Waals surface area contributed by atoms with Crippen molar-refractivity contribution in [1.29, 1.82) is 0 Å². The Bertz CT molecular complexity index is 327. The van der Waals surface area contributed by atoms with Gasteiger partial charge in [0.1, 0.15) is 6.04 Å². The molecule has 1 aliphatic rings. The maximum absolute atomic E-state index is 11.4. The molecule has 0 saturated heterocycles. The molecule has 0 unspecified atom stereocenters. The summed E-state index contributed by atoms with van der Waals surface area (Å²) in [5.74, 6) is -2.48. The van der Waals surface area contributed by atoms with Crippen LogP contribution in [0.4, 0.5) is 0 Å². The highest BCUT2D eigenvalue weighted by Gasteiger charge is 2.23. The van der Waals surface area contributed by atoms with Crippen LogP contribution in [-0.4, -0.2) is 46.7 Å². The van der Waals surface area contributed by atoms with Gasteiger partial charge in [-0.25, -0.2) is 4.79 Å². The maximum atomic E-state index is 11.4. The molecule has 1 amide bonds. The van der Waals surface area contributed by atoms with Gasteiger partial charge in [-0.3, -0.25) is 9.59 Å². The third-order valence-electron chi connectivity index (χ3n) is 2.65. The minimum atomic E-state index is -1.14. The normalized spacial score (nSPS) is 16.0. The van der Waals surface area contributed by atoms with Crippen molar-refractivity contribution in [3.05, 3.63) is 0 Å². The molecule has 18 heavy (non-hydrogen) atoms. The van der Waals surface area contributed by atoms with E-state index >= 15 is 0 Å². The lowest BCUT2D eigenvalue weighted by atomic mass is 10.1. The number of carboxylic acids is 2. The van der Waals surface area contributed by atoms with Crippen molar-refractivity contribution in [1.82, 2.24) is 10.6 Å². The quantitative estimate of drug-likeness (QED) is 0.445. The van der Waals surface area contributed by atoms with Gasteiger partial charge >= 0.3 is 11.9 Å². The topological polar surface area (TPSA) is 116 Å². The summed E-state index contributed by atoms with van der Waals surface area (Å²) in [4.78, 5) is 32.6. The van der Waals surface area contributed by atoms with Crippen LogP contribution in [0.1, 0.15) is 32.1 Å². The Balaban J connectivity index is 2.24. The Labute approximate surface area is 105 Å². The van der Waals surface area contributed by atoms with Gasteiger partial charge in [0.15, 0.2) is 0 Å². The molecule has 7 heteroatoms. The molecule has 1 atom stereocenters. The van der Waals surface area contributed by atoms with Gasteiger partial charge in [-0.15, -0.1) is 0 Å². The summed E-state index contributed by atoms with van der Waals surface area (Å²) in [6, 6.07) is -0.635. The summed E-state index contributed by atoms with van der Waals surface area (Å²) in [5, 5.41) is 22.7. The molecule has 0 bridgehead atoms. The molecule has 0 aromatic heterocycles. The second kappa shape index (κ2) is 6.95. The van der Waals surface area contributed by atoms with Crippen LogP contribution >= 0.6 is 0 Å². The van der Waals surface area contributed by atoms with E-state index in [2.05, 4.69) is 10.6 Å². The average molecular weight is 258 g/mol. The van der Waals surface area contributed by atoms with Gasteiger partial charge in [-0.2, -0.15) is 0 Å². The van der Waals surface area contributed by atoms with Gasteiger partial charge in [0.05, 0.1) is 6.54 Å². The average Bonchev–Trinajstić information content (AvgIpc) is 3.08. The van der Waals surface area contributed by atoms with Crippen molar-refractivity contribution in [2.24, 2.45) is 0 Å². The van der Waals surface area contributed by atoms with Crippen LogP contribution in [0.3, 0.4) is 0 Å². The van der Waals surface area contributed by atoms with E-state index in [1.165, 1.54) is 0 Å². The second-order valence-corrected chi connectivity index (χ2v) is 4.40. The minimum absolute atomic E-state index is 0.0972. The van der Waals surface area contributed by atoms with Crippen molar-refractivity contribution in [3.63, 3.8) is 0 Å². The molecule has 1 saturated carbocycles. The minimum Gasteiger partial charge on any atom is -0.481 e. The molecule has 0 aliphatic heterocycles. The van der Waals surface area contributed by atoms with Gasteiger partial charge < -0.3 is 20.8 Å². The molecule has 0 radical (unpaired) electrons. The van der Waals surface area contributed by atoms with Crippen molar-refractivity contribution in [2.45, 2.75) is 44.2 Å². The number of carbonyl (C=O) groups excluding carboxylic acids is 1. The van der Waals surface area contributed by atoms with Crippen LogP contribution < -0.4 is 10.6 Å². The number of nitrogens with one attached hydrogen (secondary N) is 2. The van der Waals surface area contributed by atoms with Crippen LogP contribution in [0, 0.1) is 0 Å². The predicted octanol–water partition coefficient (Wildman–Crippen LogP) is -0.437. The lowest BCUT2D eigenvalue weighted by molar-refractivity contribution is -0.142. The van der Waals surface area contributed by atoms with E-state index in [4.69, 9.17) is 10.2 Å². The highest BCUT2D eigenvalue weighted by molar-refractivity contribution is 5.84. The number of rotatable bonds is 9. The smallest absolute Gasteiger partial charge is 0.326 e. The highest BCUT2D eigenvalue weighted by Crippen LogP contribution is 2.17. The number of amides is 1. The molecule has 1 fully saturated rings. The molecule has 7 nitrogen and oxygen atoms in total. The van der Waals surface area contributed by atoms with Crippen LogP contribution in [0.15, 0.2) is 0 Å². The van der Waals surface area contributed by atoms with Gasteiger partial charge in [0, 0.05) is 12.5 Å². The zero-order chi connectivity index (χ0) is 13.5.